The maximum absolute atomic E-state index is 12.8. The van der Waals surface area contributed by atoms with E-state index in [1.807, 2.05) is 0 Å². The molecule has 1 aromatic heterocycles. The number of hydrogen-bond acceptors (Lipinski definition) is 4. The minimum atomic E-state index is -2.81. The van der Waals surface area contributed by atoms with Crippen molar-refractivity contribution in [3.8, 4) is 5.75 Å². The van der Waals surface area contributed by atoms with E-state index in [4.69, 9.17) is 16.3 Å². The van der Waals surface area contributed by atoms with E-state index in [9.17, 15) is 13.6 Å². The van der Waals surface area contributed by atoms with Crippen molar-refractivity contribution >= 4 is 17.6 Å². The molecule has 1 aromatic rings. The van der Waals surface area contributed by atoms with Crippen molar-refractivity contribution in [2.24, 2.45) is 0 Å². The summed E-state index contributed by atoms with van der Waals surface area (Å²) < 4.78 is 35.0. The number of carbonyl (C=O) groups is 1. The largest absolute Gasteiger partial charge is 0.494 e. The van der Waals surface area contributed by atoms with Gasteiger partial charge in [0.25, 0.3) is 6.43 Å². The number of alkyl halides is 3. The van der Waals surface area contributed by atoms with Gasteiger partial charge >= 0.3 is 5.97 Å². The van der Waals surface area contributed by atoms with Crippen molar-refractivity contribution in [1.82, 2.24) is 4.98 Å². The van der Waals surface area contributed by atoms with Gasteiger partial charge in [-0.25, -0.2) is 13.8 Å². The third-order valence-corrected chi connectivity index (χ3v) is 2.51. The van der Waals surface area contributed by atoms with Crippen molar-refractivity contribution in [1.29, 1.82) is 0 Å². The Hall–Kier alpha value is -1.43. The van der Waals surface area contributed by atoms with E-state index in [2.05, 4.69) is 9.72 Å². The highest BCUT2D eigenvalue weighted by atomic mass is 35.5. The van der Waals surface area contributed by atoms with Gasteiger partial charge in [-0.1, -0.05) is 0 Å². The molecule has 0 unspecified atom stereocenters. The molecule has 0 aliphatic rings. The molecule has 0 saturated carbocycles. The summed E-state index contributed by atoms with van der Waals surface area (Å²) in [5.41, 5.74) is 0.0199. The molecule has 0 fully saturated rings. The van der Waals surface area contributed by atoms with Crippen LogP contribution in [0.3, 0.4) is 0 Å². The third-order valence-electron chi connectivity index (χ3n) is 2.24. The fraction of sp³-hybridized carbons (Fsp3) is 0.455. The molecular formula is C11H12ClF2NO3. The zero-order valence-electron chi connectivity index (χ0n) is 9.87. The molecule has 0 aliphatic carbocycles. The van der Waals surface area contributed by atoms with E-state index in [0.29, 0.717) is 0 Å². The summed E-state index contributed by atoms with van der Waals surface area (Å²) in [6, 6.07) is 1.45. The van der Waals surface area contributed by atoms with Crippen LogP contribution in [0.15, 0.2) is 6.07 Å². The van der Waals surface area contributed by atoms with Crippen molar-refractivity contribution in [2.45, 2.75) is 18.7 Å². The predicted molar refractivity (Wildman–Crippen MR) is 61.0 cm³/mol. The van der Waals surface area contributed by atoms with E-state index in [0.717, 1.165) is 0 Å². The van der Waals surface area contributed by atoms with Gasteiger partial charge in [-0.15, -0.1) is 11.6 Å². The Morgan fingerprint density at radius 3 is 2.61 bits per heavy atom. The Labute approximate surface area is 108 Å². The normalized spacial score (nSPS) is 10.6. The molecular weight excluding hydrogens is 268 g/mol. The summed E-state index contributed by atoms with van der Waals surface area (Å²) >= 11 is 5.58. The number of esters is 1. The Kier molecular flexibility index (Phi) is 5.27. The quantitative estimate of drug-likeness (QED) is 0.614. The van der Waals surface area contributed by atoms with Crippen molar-refractivity contribution in [3.63, 3.8) is 0 Å². The SMILES string of the molecule is COC(=O)Cc1cc(CCl)nc(C(F)F)c1OC. The van der Waals surface area contributed by atoms with Crippen LogP contribution in [0.5, 0.6) is 5.75 Å². The zero-order valence-corrected chi connectivity index (χ0v) is 10.6. The van der Waals surface area contributed by atoms with Crippen LogP contribution in [0.25, 0.3) is 0 Å². The maximum Gasteiger partial charge on any atom is 0.310 e. The lowest BCUT2D eigenvalue weighted by atomic mass is 10.1. The van der Waals surface area contributed by atoms with Crippen molar-refractivity contribution < 1.29 is 23.0 Å². The lowest BCUT2D eigenvalue weighted by molar-refractivity contribution is -0.139. The van der Waals surface area contributed by atoms with Crippen LogP contribution in [-0.2, 0) is 21.8 Å². The zero-order chi connectivity index (χ0) is 13.7. The highest BCUT2D eigenvalue weighted by molar-refractivity contribution is 6.16. The molecule has 4 nitrogen and oxygen atoms in total. The van der Waals surface area contributed by atoms with Gasteiger partial charge in [-0.2, -0.15) is 0 Å². The van der Waals surface area contributed by atoms with E-state index in [1.165, 1.54) is 20.3 Å². The van der Waals surface area contributed by atoms with Crippen LogP contribution in [0.4, 0.5) is 8.78 Å². The summed E-state index contributed by atoms with van der Waals surface area (Å²) in [5, 5.41) is 0. The first-order chi connectivity index (χ1) is 8.53. The molecule has 7 heteroatoms. The smallest absolute Gasteiger partial charge is 0.310 e. The minimum Gasteiger partial charge on any atom is -0.494 e. The highest BCUT2D eigenvalue weighted by Crippen LogP contribution is 2.31. The number of hydrogen-bond donors (Lipinski definition) is 0. The maximum atomic E-state index is 12.8. The Bertz CT molecular complexity index is 441. The molecule has 0 saturated heterocycles. The summed E-state index contributed by atoms with van der Waals surface area (Å²) in [7, 11) is 2.45. The Morgan fingerprint density at radius 2 is 2.17 bits per heavy atom. The van der Waals surface area contributed by atoms with Crippen LogP contribution >= 0.6 is 11.6 Å². The van der Waals surface area contributed by atoms with Crippen LogP contribution in [-0.4, -0.2) is 25.2 Å². The monoisotopic (exact) mass is 279 g/mol. The first-order valence-electron chi connectivity index (χ1n) is 5.01. The van der Waals surface area contributed by atoms with Crippen LogP contribution in [0.1, 0.15) is 23.4 Å². The van der Waals surface area contributed by atoms with Gasteiger partial charge in [0.2, 0.25) is 0 Å². The van der Waals surface area contributed by atoms with E-state index < -0.39 is 18.1 Å². The number of carbonyl (C=O) groups excluding carboxylic acids is 1. The van der Waals surface area contributed by atoms with Crippen LogP contribution in [0, 0.1) is 0 Å². The van der Waals surface area contributed by atoms with Crippen LogP contribution < -0.4 is 4.74 Å². The number of nitrogens with zero attached hydrogens (tertiary/aromatic N) is 1. The van der Waals surface area contributed by atoms with Gasteiger partial charge in [0.05, 0.1) is 32.2 Å². The number of ether oxygens (including phenoxy) is 2. The predicted octanol–water partition coefficient (Wildman–Crippen LogP) is 2.48. The molecule has 1 rings (SSSR count). The van der Waals surface area contributed by atoms with Gasteiger partial charge in [-0.3, -0.25) is 4.79 Å². The average Bonchev–Trinajstić information content (AvgIpc) is 2.37. The lowest BCUT2D eigenvalue weighted by Crippen LogP contribution is -2.09. The molecule has 0 aliphatic heterocycles. The Balaban J connectivity index is 3.28. The van der Waals surface area contributed by atoms with E-state index in [1.54, 1.807) is 0 Å². The van der Waals surface area contributed by atoms with Gasteiger partial charge in [-0.05, 0) is 6.07 Å². The van der Waals surface area contributed by atoms with Crippen molar-refractivity contribution in [2.75, 3.05) is 14.2 Å². The molecule has 0 amide bonds. The summed E-state index contributed by atoms with van der Waals surface area (Å²) in [6.07, 6.45) is -2.98. The fourth-order valence-corrected chi connectivity index (χ4v) is 1.62. The second kappa shape index (κ2) is 6.49. The summed E-state index contributed by atoms with van der Waals surface area (Å²) in [4.78, 5) is 14.9. The number of aromatic nitrogens is 1. The Morgan fingerprint density at radius 1 is 1.50 bits per heavy atom. The molecule has 0 aromatic carbocycles. The number of pyridine rings is 1. The molecule has 0 bridgehead atoms. The molecule has 0 spiro atoms. The summed E-state index contributed by atoms with van der Waals surface area (Å²) in [6.45, 7) is 0. The molecule has 0 N–H and O–H groups in total. The lowest BCUT2D eigenvalue weighted by Gasteiger charge is -2.13. The summed E-state index contributed by atoms with van der Waals surface area (Å²) in [5.74, 6) is -0.692. The second-order valence-electron chi connectivity index (χ2n) is 3.38. The molecule has 0 radical (unpaired) electrons. The second-order valence-corrected chi connectivity index (χ2v) is 3.65. The van der Waals surface area contributed by atoms with Crippen molar-refractivity contribution in [3.05, 3.63) is 23.0 Å². The number of rotatable bonds is 5. The average molecular weight is 280 g/mol. The highest BCUT2D eigenvalue weighted by Gasteiger charge is 2.22. The standard InChI is InChI=1S/C11H12ClF2NO3/c1-17-8(16)4-6-3-7(5-12)15-9(11(13)14)10(6)18-2/h3,11H,4-5H2,1-2H3. The fourth-order valence-electron chi connectivity index (χ4n) is 1.48. The van der Waals surface area contributed by atoms with Gasteiger partial charge in [0.15, 0.2) is 0 Å². The first-order valence-corrected chi connectivity index (χ1v) is 5.54. The van der Waals surface area contributed by atoms with E-state index in [-0.39, 0.29) is 29.3 Å². The van der Waals surface area contributed by atoms with Crippen LogP contribution in [0.2, 0.25) is 0 Å². The molecule has 100 valence electrons. The molecule has 1 heterocycles. The number of halogens is 3. The van der Waals surface area contributed by atoms with Gasteiger partial charge in [0.1, 0.15) is 11.4 Å². The molecule has 0 atom stereocenters. The van der Waals surface area contributed by atoms with Gasteiger partial charge < -0.3 is 9.47 Å². The van der Waals surface area contributed by atoms with Gasteiger partial charge in [0, 0.05) is 5.56 Å². The minimum absolute atomic E-state index is 0.0299. The number of methoxy groups -OCH3 is 2. The topological polar surface area (TPSA) is 48.4 Å². The molecule has 18 heavy (non-hydrogen) atoms. The third kappa shape index (κ3) is 3.29. The first kappa shape index (κ1) is 14.6. The van der Waals surface area contributed by atoms with E-state index >= 15 is 0 Å².